The Bertz CT molecular complexity index is 324. The van der Waals surface area contributed by atoms with Crippen molar-refractivity contribution in [1.82, 2.24) is 0 Å². The first kappa shape index (κ1) is 10.9. The molecule has 0 aliphatic heterocycles. The van der Waals surface area contributed by atoms with Crippen molar-refractivity contribution in [2.45, 2.75) is 19.4 Å². The number of methoxy groups -OCH3 is 1. The predicted molar refractivity (Wildman–Crippen MR) is 48.3 cm³/mol. The van der Waals surface area contributed by atoms with E-state index in [1.807, 2.05) is 0 Å². The van der Waals surface area contributed by atoms with Crippen LogP contribution in [0, 0.1) is 11.6 Å². The minimum absolute atomic E-state index is 0.133. The van der Waals surface area contributed by atoms with Crippen molar-refractivity contribution >= 4 is 0 Å². The van der Waals surface area contributed by atoms with E-state index in [0.717, 1.165) is 6.07 Å². The highest BCUT2D eigenvalue weighted by molar-refractivity contribution is 5.36. The van der Waals surface area contributed by atoms with Gasteiger partial charge in [-0.2, -0.15) is 4.39 Å². The van der Waals surface area contributed by atoms with Gasteiger partial charge in [-0.3, -0.25) is 0 Å². The average molecular weight is 202 g/mol. The maximum atomic E-state index is 13.1. The summed E-state index contributed by atoms with van der Waals surface area (Å²) in [5, 5.41) is 9.11. The summed E-state index contributed by atoms with van der Waals surface area (Å²) in [7, 11) is 1.27. The van der Waals surface area contributed by atoms with Crippen LogP contribution in [0.25, 0.3) is 0 Å². The summed E-state index contributed by atoms with van der Waals surface area (Å²) in [5.41, 5.74) is 0.460. The molecule has 0 spiro atoms. The highest BCUT2D eigenvalue weighted by atomic mass is 19.2. The number of aliphatic hydroxyl groups is 1. The third-order valence-corrected chi connectivity index (χ3v) is 1.85. The molecule has 78 valence electrons. The van der Waals surface area contributed by atoms with E-state index >= 15 is 0 Å². The monoisotopic (exact) mass is 202 g/mol. The molecule has 0 aliphatic carbocycles. The van der Waals surface area contributed by atoms with Gasteiger partial charge in [0.25, 0.3) is 0 Å². The number of hydrogen-bond donors (Lipinski definition) is 1. The van der Waals surface area contributed by atoms with Crippen molar-refractivity contribution in [1.29, 1.82) is 0 Å². The van der Waals surface area contributed by atoms with Gasteiger partial charge in [0.05, 0.1) is 13.2 Å². The van der Waals surface area contributed by atoms with Crippen LogP contribution in [0.1, 0.15) is 12.5 Å². The maximum absolute atomic E-state index is 13.1. The van der Waals surface area contributed by atoms with Crippen molar-refractivity contribution in [3.05, 3.63) is 29.3 Å². The third-order valence-electron chi connectivity index (χ3n) is 1.85. The molecule has 0 fully saturated rings. The van der Waals surface area contributed by atoms with Crippen molar-refractivity contribution in [3.63, 3.8) is 0 Å². The van der Waals surface area contributed by atoms with Gasteiger partial charge in [0.2, 0.25) is 5.82 Å². The fraction of sp³-hybridized carbons (Fsp3) is 0.400. The molecule has 0 bridgehead atoms. The Morgan fingerprint density at radius 3 is 2.57 bits per heavy atom. The lowest BCUT2D eigenvalue weighted by Gasteiger charge is -2.10. The highest BCUT2D eigenvalue weighted by Crippen LogP contribution is 2.25. The molecule has 0 saturated carbocycles. The molecule has 0 radical (unpaired) electrons. The van der Waals surface area contributed by atoms with E-state index in [4.69, 9.17) is 9.84 Å². The van der Waals surface area contributed by atoms with E-state index in [0.29, 0.717) is 5.56 Å². The lowest BCUT2D eigenvalue weighted by Crippen LogP contribution is -2.07. The molecule has 0 unspecified atom stereocenters. The lowest BCUT2D eigenvalue weighted by atomic mass is 10.1. The summed E-state index contributed by atoms with van der Waals surface area (Å²) in [6.45, 7) is 1.57. The van der Waals surface area contributed by atoms with Crippen molar-refractivity contribution in [2.24, 2.45) is 0 Å². The molecule has 0 aliphatic rings. The van der Waals surface area contributed by atoms with Gasteiger partial charge in [-0.1, -0.05) is 6.07 Å². The van der Waals surface area contributed by atoms with E-state index in [1.54, 1.807) is 6.92 Å². The van der Waals surface area contributed by atoms with Crippen LogP contribution in [0.2, 0.25) is 0 Å². The normalized spacial score (nSPS) is 12.6. The second-order valence-corrected chi connectivity index (χ2v) is 3.11. The van der Waals surface area contributed by atoms with E-state index < -0.39 is 17.7 Å². The van der Waals surface area contributed by atoms with Crippen molar-refractivity contribution in [2.75, 3.05) is 7.11 Å². The van der Waals surface area contributed by atoms with Gasteiger partial charge < -0.3 is 9.84 Å². The lowest BCUT2D eigenvalue weighted by molar-refractivity contribution is 0.193. The number of ether oxygens (including phenoxy) is 1. The minimum atomic E-state index is -1.01. The molecule has 4 heteroatoms. The predicted octanol–water partition coefficient (Wildman–Crippen LogP) is 1.90. The molecule has 1 atom stereocenters. The molecular weight excluding hydrogens is 190 g/mol. The quantitative estimate of drug-likeness (QED) is 0.811. The summed E-state index contributed by atoms with van der Waals surface area (Å²) in [6, 6.07) is 2.43. The summed E-state index contributed by atoms with van der Waals surface area (Å²) in [5.74, 6) is -2.09. The van der Waals surface area contributed by atoms with Crippen LogP contribution in [-0.2, 0) is 6.42 Å². The zero-order chi connectivity index (χ0) is 10.7. The fourth-order valence-electron chi connectivity index (χ4n) is 1.27. The second-order valence-electron chi connectivity index (χ2n) is 3.11. The molecular formula is C10H12F2O2. The number of rotatable bonds is 3. The van der Waals surface area contributed by atoms with Gasteiger partial charge in [-0.15, -0.1) is 0 Å². The first-order valence-corrected chi connectivity index (χ1v) is 4.25. The Labute approximate surface area is 81.1 Å². The fourth-order valence-corrected chi connectivity index (χ4v) is 1.27. The first-order chi connectivity index (χ1) is 6.56. The van der Waals surface area contributed by atoms with Crippen LogP contribution in [0.3, 0.4) is 0 Å². The Hall–Kier alpha value is -1.16. The molecule has 0 heterocycles. The molecule has 2 nitrogen and oxygen atoms in total. The van der Waals surface area contributed by atoms with Gasteiger partial charge in [0, 0.05) is 6.42 Å². The molecule has 14 heavy (non-hydrogen) atoms. The molecule has 0 amide bonds. The molecule has 0 aromatic heterocycles. The smallest absolute Gasteiger partial charge is 0.200 e. The van der Waals surface area contributed by atoms with E-state index in [1.165, 1.54) is 13.2 Å². The van der Waals surface area contributed by atoms with Crippen LogP contribution < -0.4 is 4.74 Å². The average Bonchev–Trinajstić information content (AvgIpc) is 2.11. The molecule has 1 aromatic rings. The number of halogens is 2. The first-order valence-electron chi connectivity index (χ1n) is 4.25. The summed E-state index contributed by atoms with van der Waals surface area (Å²) >= 11 is 0. The van der Waals surface area contributed by atoms with E-state index in [9.17, 15) is 8.78 Å². The zero-order valence-corrected chi connectivity index (χ0v) is 8.05. The summed E-state index contributed by atoms with van der Waals surface area (Å²) in [4.78, 5) is 0. The minimum Gasteiger partial charge on any atom is -0.493 e. The maximum Gasteiger partial charge on any atom is 0.200 e. The Balaban J connectivity index is 3.10. The second kappa shape index (κ2) is 4.37. The van der Waals surface area contributed by atoms with Crippen LogP contribution >= 0.6 is 0 Å². The third kappa shape index (κ3) is 2.20. The number of hydrogen-bond acceptors (Lipinski definition) is 2. The van der Waals surface area contributed by atoms with Gasteiger partial charge in [0.15, 0.2) is 11.6 Å². The standard InChI is InChI=1S/C10H12F2O2/c1-6(13)5-7-3-4-8(11)9(12)10(7)14-2/h3-4,6,13H,5H2,1-2H3/t6-/m0/s1. The summed E-state index contributed by atoms with van der Waals surface area (Å²) < 4.78 is 30.6. The highest BCUT2D eigenvalue weighted by Gasteiger charge is 2.14. The molecule has 1 aromatic carbocycles. The van der Waals surface area contributed by atoms with Gasteiger partial charge in [-0.05, 0) is 18.6 Å². The Morgan fingerprint density at radius 2 is 2.07 bits per heavy atom. The van der Waals surface area contributed by atoms with Crippen LogP contribution in [0.4, 0.5) is 8.78 Å². The largest absolute Gasteiger partial charge is 0.493 e. The number of benzene rings is 1. The van der Waals surface area contributed by atoms with Gasteiger partial charge >= 0.3 is 0 Å². The molecule has 0 saturated heterocycles. The topological polar surface area (TPSA) is 29.5 Å². The summed E-state index contributed by atoms with van der Waals surface area (Å²) in [6.07, 6.45) is -0.380. The van der Waals surface area contributed by atoms with E-state index in [-0.39, 0.29) is 12.2 Å². The number of aliphatic hydroxyl groups excluding tert-OH is 1. The van der Waals surface area contributed by atoms with Crippen LogP contribution in [0.5, 0.6) is 5.75 Å². The van der Waals surface area contributed by atoms with Crippen LogP contribution in [0.15, 0.2) is 12.1 Å². The Kier molecular flexibility index (Phi) is 3.41. The van der Waals surface area contributed by atoms with Crippen molar-refractivity contribution < 1.29 is 18.6 Å². The SMILES string of the molecule is COc1c(C[C@H](C)O)ccc(F)c1F. The van der Waals surface area contributed by atoms with Crippen molar-refractivity contribution in [3.8, 4) is 5.75 Å². The van der Waals surface area contributed by atoms with Crippen LogP contribution in [-0.4, -0.2) is 18.3 Å². The zero-order valence-electron chi connectivity index (χ0n) is 8.05. The van der Waals surface area contributed by atoms with Gasteiger partial charge in [0.1, 0.15) is 0 Å². The van der Waals surface area contributed by atoms with Gasteiger partial charge in [-0.25, -0.2) is 4.39 Å². The molecule has 1 rings (SSSR count). The molecule has 1 N–H and O–H groups in total. The Morgan fingerprint density at radius 1 is 1.43 bits per heavy atom. The van der Waals surface area contributed by atoms with E-state index in [2.05, 4.69) is 0 Å².